The Kier molecular flexibility index (Phi) is 12.5. The van der Waals surface area contributed by atoms with E-state index in [9.17, 15) is 33.6 Å². The molecule has 274 valence electrons. The van der Waals surface area contributed by atoms with Crippen LogP contribution in [0.3, 0.4) is 0 Å². The molecule has 13 heteroatoms. The maximum Gasteiger partial charge on any atom is 0.315 e. The van der Waals surface area contributed by atoms with Crippen LogP contribution in [0.5, 0.6) is 0 Å². The standard InChI is InChI=1S/C36H58N6O7/c1-11-13-15-22(28(45)31(47)37-18-12-2)38-30(46)27-26-21(36(26,9)10)19-42(27)32(48)29(35(6,7)8)40-33(49)39-23(34(3,4)5)20-41-24(43)16-14-17-25(41)44/h12,21-23,26-27,29H,2,11,13-20H2,1,3-10H3,(H,37,47)(H,38,46)(H2,39,40,49)/t21-,22?,23-,26-,27-,29+/m0/s1. The van der Waals surface area contributed by atoms with E-state index in [1.807, 2.05) is 62.3 Å². The summed E-state index contributed by atoms with van der Waals surface area (Å²) in [5.41, 5.74) is -1.51. The quantitative estimate of drug-likeness (QED) is 0.124. The molecule has 1 saturated carbocycles. The van der Waals surface area contributed by atoms with Gasteiger partial charge in [0.25, 0.3) is 5.91 Å². The number of carbonyl (C=O) groups excluding carboxylic acids is 7. The normalized spacial score (nSPS) is 23.5. The number of hydrogen-bond donors (Lipinski definition) is 4. The maximum absolute atomic E-state index is 14.4. The molecule has 0 aromatic heterocycles. The molecule has 3 aliphatic rings. The fraction of sp³-hybridized carbons (Fsp3) is 0.750. The molecule has 49 heavy (non-hydrogen) atoms. The summed E-state index contributed by atoms with van der Waals surface area (Å²) in [6.07, 6.45) is 4.15. The SMILES string of the molecule is C=CCNC(=O)C(=O)C(CCCC)NC(=O)[C@@H]1[C@@H]2[C@H](CN1C(=O)[C@@H](NC(=O)N[C@@H](CN1C(=O)CCCC1=O)C(C)(C)C)C(C)(C)C)C2(C)C. The fourth-order valence-electron chi connectivity index (χ4n) is 7.03. The predicted molar refractivity (Wildman–Crippen MR) is 185 cm³/mol. The number of nitrogens with one attached hydrogen (secondary N) is 4. The van der Waals surface area contributed by atoms with Gasteiger partial charge in [0, 0.05) is 32.5 Å². The van der Waals surface area contributed by atoms with E-state index in [4.69, 9.17) is 0 Å². The van der Waals surface area contributed by atoms with E-state index in [1.165, 1.54) is 15.9 Å². The number of piperidine rings is 2. The van der Waals surface area contributed by atoms with Gasteiger partial charge in [0.2, 0.25) is 29.4 Å². The van der Waals surface area contributed by atoms with Gasteiger partial charge in [-0.3, -0.25) is 33.7 Å². The first-order valence-corrected chi connectivity index (χ1v) is 17.6. The zero-order chi connectivity index (χ0) is 37.1. The van der Waals surface area contributed by atoms with Gasteiger partial charge in [-0.2, -0.15) is 0 Å². The Morgan fingerprint density at radius 1 is 0.959 bits per heavy atom. The first kappa shape index (κ1) is 39.7. The lowest BCUT2D eigenvalue weighted by Crippen LogP contribution is -2.63. The lowest BCUT2D eigenvalue weighted by Gasteiger charge is -2.39. The molecule has 1 unspecified atom stereocenters. The molecule has 3 fully saturated rings. The number of urea groups is 1. The van der Waals surface area contributed by atoms with Crippen molar-refractivity contribution >= 4 is 41.4 Å². The molecule has 0 bridgehead atoms. The Balaban J connectivity index is 1.83. The third-order valence-corrected chi connectivity index (χ3v) is 10.4. The summed E-state index contributed by atoms with van der Waals surface area (Å²) < 4.78 is 0. The molecule has 13 nitrogen and oxygen atoms in total. The van der Waals surface area contributed by atoms with Gasteiger partial charge in [-0.25, -0.2) is 4.79 Å². The molecule has 2 aliphatic heterocycles. The lowest BCUT2D eigenvalue weighted by molar-refractivity contribution is -0.148. The summed E-state index contributed by atoms with van der Waals surface area (Å²) in [4.78, 5) is 95.4. The highest BCUT2D eigenvalue weighted by Gasteiger charge is 2.70. The van der Waals surface area contributed by atoms with Crippen LogP contribution in [0.4, 0.5) is 4.79 Å². The monoisotopic (exact) mass is 686 g/mol. The first-order chi connectivity index (χ1) is 22.7. The summed E-state index contributed by atoms with van der Waals surface area (Å²) in [5, 5.41) is 11.1. The maximum atomic E-state index is 14.4. The number of carbonyl (C=O) groups is 7. The van der Waals surface area contributed by atoms with Crippen LogP contribution >= 0.6 is 0 Å². The average Bonchev–Trinajstić information content (AvgIpc) is 3.31. The number of ketones is 1. The van der Waals surface area contributed by atoms with Crippen LogP contribution < -0.4 is 21.3 Å². The summed E-state index contributed by atoms with van der Waals surface area (Å²) in [6.45, 7) is 21.2. The van der Waals surface area contributed by atoms with Crippen LogP contribution in [0.15, 0.2) is 12.7 Å². The number of amides is 7. The number of likely N-dealkylation sites (tertiary alicyclic amines) is 2. The van der Waals surface area contributed by atoms with Gasteiger partial charge in [-0.15, -0.1) is 6.58 Å². The molecule has 0 radical (unpaired) electrons. The molecule has 2 saturated heterocycles. The minimum atomic E-state index is -1.05. The third-order valence-electron chi connectivity index (χ3n) is 10.4. The van der Waals surface area contributed by atoms with Gasteiger partial charge < -0.3 is 26.2 Å². The number of hydrogen-bond acceptors (Lipinski definition) is 7. The number of fused-ring (bicyclic) bond motifs is 1. The number of imide groups is 1. The molecular weight excluding hydrogens is 628 g/mol. The Labute approximate surface area is 291 Å². The Bertz CT molecular complexity index is 1310. The lowest BCUT2D eigenvalue weighted by atomic mass is 9.84. The van der Waals surface area contributed by atoms with Gasteiger partial charge in [-0.1, -0.05) is 81.2 Å². The van der Waals surface area contributed by atoms with E-state index in [1.54, 1.807) is 0 Å². The number of unbranched alkanes of at least 4 members (excludes halogenated alkanes) is 1. The second-order valence-electron chi connectivity index (χ2n) is 16.5. The molecule has 0 aromatic carbocycles. The topological polar surface area (TPSA) is 174 Å². The molecule has 7 amide bonds. The van der Waals surface area contributed by atoms with E-state index in [0.717, 1.165) is 6.42 Å². The first-order valence-electron chi connectivity index (χ1n) is 17.6. The highest BCUT2D eigenvalue weighted by atomic mass is 16.2. The van der Waals surface area contributed by atoms with Crippen molar-refractivity contribution in [1.82, 2.24) is 31.1 Å². The highest BCUT2D eigenvalue weighted by molar-refractivity contribution is 6.38. The van der Waals surface area contributed by atoms with Crippen molar-refractivity contribution in [2.24, 2.45) is 28.1 Å². The van der Waals surface area contributed by atoms with Crippen LogP contribution in [0.25, 0.3) is 0 Å². The van der Waals surface area contributed by atoms with E-state index in [2.05, 4.69) is 27.8 Å². The van der Waals surface area contributed by atoms with Gasteiger partial charge in [-0.05, 0) is 40.9 Å². The molecule has 6 atom stereocenters. The summed E-state index contributed by atoms with van der Waals surface area (Å²) in [5.74, 6) is -3.15. The molecule has 2 heterocycles. The molecular formula is C36H58N6O7. The van der Waals surface area contributed by atoms with Crippen LogP contribution in [0.1, 0.15) is 101 Å². The van der Waals surface area contributed by atoms with Crippen LogP contribution in [-0.2, 0) is 28.8 Å². The number of nitrogens with zero attached hydrogens (tertiary/aromatic N) is 2. The minimum Gasteiger partial charge on any atom is -0.346 e. The average molecular weight is 687 g/mol. The zero-order valence-corrected chi connectivity index (χ0v) is 30.9. The van der Waals surface area contributed by atoms with Crippen molar-refractivity contribution in [3.8, 4) is 0 Å². The predicted octanol–water partition coefficient (Wildman–Crippen LogP) is 2.68. The molecule has 1 aliphatic carbocycles. The summed E-state index contributed by atoms with van der Waals surface area (Å²) in [7, 11) is 0. The fourth-order valence-corrected chi connectivity index (χ4v) is 7.03. The van der Waals surface area contributed by atoms with Gasteiger partial charge in [0.15, 0.2) is 0 Å². The van der Waals surface area contributed by atoms with Crippen molar-refractivity contribution in [2.75, 3.05) is 19.6 Å². The van der Waals surface area contributed by atoms with Crippen LogP contribution in [0, 0.1) is 28.1 Å². The summed E-state index contributed by atoms with van der Waals surface area (Å²) >= 11 is 0. The smallest absolute Gasteiger partial charge is 0.315 e. The van der Waals surface area contributed by atoms with Gasteiger partial charge in [0.05, 0.1) is 12.1 Å². The number of Topliss-reactive ketones (excluding diaryl/α,β-unsaturated/α-hetero) is 1. The van der Waals surface area contributed by atoms with E-state index in [-0.39, 0.29) is 61.4 Å². The largest absolute Gasteiger partial charge is 0.346 e. The molecule has 4 N–H and O–H groups in total. The van der Waals surface area contributed by atoms with E-state index >= 15 is 0 Å². The molecule has 0 aromatic rings. The van der Waals surface area contributed by atoms with Crippen molar-refractivity contribution < 1.29 is 33.6 Å². The Morgan fingerprint density at radius 3 is 2.10 bits per heavy atom. The van der Waals surface area contributed by atoms with Crippen LogP contribution in [0.2, 0.25) is 0 Å². The van der Waals surface area contributed by atoms with Gasteiger partial charge >= 0.3 is 6.03 Å². The van der Waals surface area contributed by atoms with E-state index < -0.39 is 64.5 Å². The highest BCUT2D eigenvalue weighted by Crippen LogP contribution is 2.65. The van der Waals surface area contributed by atoms with Crippen molar-refractivity contribution in [2.45, 2.75) is 125 Å². The number of rotatable bonds is 14. The van der Waals surface area contributed by atoms with Crippen LogP contribution in [-0.4, -0.2) is 95.0 Å². The van der Waals surface area contributed by atoms with Crippen molar-refractivity contribution in [3.63, 3.8) is 0 Å². The van der Waals surface area contributed by atoms with Crippen molar-refractivity contribution in [3.05, 3.63) is 12.7 Å². The Morgan fingerprint density at radius 2 is 1.57 bits per heavy atom. The second kappa shape index (κ2) is 15.4. The van der Waals surface area contributed by atoms with E-state index in [0.29, 0.717) is 19.4 Å². The van der Waals surface area contributed by atoms with Crippen molar-refractivity contribution in [1.29, 1.82) is 0 Å². The third kappa shape index (κ3) is 9.27. The summed E-state index contributed by atoms with van der Waals surface area (Å²) in [6, 6.07) is -4.22. The minimum absolute atomic E-state index is 0.0130. The zero-order valence-electron chi connectivity index (χ0n) is 30.9. The molecule has 0 spiro atoms. The second-order valence-corrected chi connectivity index (χ2v) is 16.5. The van der Waals surface area contributed by atoms with Gasteiger partial charge in [0.1, 0.15) is 12.1 Å². The Hall–Kier alpha value is -3.77. The molecule has 3 rings (SSSR count).